The van der Waals surface area contributed by atoms with E-state index in [4.69, 9.17) is 4.74 Å². The van der Waals surface area contributed by atoms with Gasteiger partial charge in [-0.25, -0.2) is 4.98 Å². The lowest BCUT2D eigenvalue weighted by Crippen LogP contribution is -2.43. The molecule has 0 bridgehead atoms. The SMILES string of the molecule is COCCc1cnc2n1CCN(CC(=O)N(C)C)[C@@H]2C. The number of carbonyl (C=O) groups is 1. The Morgan fingerprint density at radius 3 is 2.90 bits per heavy atom. The third-order valence-corrected chi connectivity index (χ3v) is 3.90. The Labute approximate surface area is 120 Å². The maximum atomic E-state index is 11.9. The molecule has 0 saturated heterocycles. The monoisotopic (exact) mass is 280 g/mol. The number of amides is 1. The number of ether oxygens (including phenoxy) is 1. The summed E-state index contributed by atoms with van der Waals surface area (Å²) in [6, 6.07) is 0.170. The number of rotatable bonds is 5. The van der Waals surface area contributed by atoms with E-state index < -0.39 is 0 Å². The summed E-state index contributed by atoms with van der Waals surface area (Å²) in [5, 5.41) is 0. The van der Waals surface area contributed by atoms with Crippen LogP contribution in [0.25, 0.3) is 0 Å². The Morgan fingerprint density at radius 1 is 1.50 bits per heavy atom. The molecule has 2 rings (SSSR count). The first kappa shape index (κ1) is 15.0. The Kier molecular flexibility index (Phi) is 4.77. The zero-order chi connectivity index (χ0) is 14.7. The lowest BCUT2D eigenvalue weighted by Gasteiger charge is -2.34. The molecule has 0 fully saturated rings. The van der Waals surface area contributed by atoms with Gasteiger partial charge in [0.25, 0.3) is 0 Å². The first-order valence-electron chi connectivity index (χ1n) is 7.02. The molecule has 0 N–H and O–H groups in total. The van der Waals surface area contributed by atoms with E-state index in [-0.39, 0.29) is 11.9 Å². The molecule has 1 amide bonds. The molecule has 0 spiro atoms. The van der Waals surface area contributed by atoms with Crippen molar-refractivity contribution in [3.63, 3.8) is 0 Å². The minimum atomic E-state index is 0.136. The summed E-state index contributed by atoms with van der Waals surface area (Å²) < 4.78 is 7.40. The van der Waals surface area contributed by atoms with Crippen LogP contribution in [0.2, 0.25) is 0 Å². The van der Waals surface area contributed by atoms with E-state index in [2.05, 4.69) is 21.4 Å². The van der Waals surface area contributed by atoms with Gasteiger partial charge in [-0.3, -0.25) is 9.69 Å². The number of hydrogen-bond donors (Lipinski definition) is 0. The standard InChI is InChI=1S/C14H24N4O2/c1-11-14-15-9-12(5-8-20-4)18(14)7-6-17(11)10-13(19)16(2)3/h9,11H,5-8,10H2,1-4H3/t11-/m1/s1. The van der Waals surface area contributed by atoms with Crippen LogP contribution < -0.4 is 0 Å². The van der Waals surface area contributed by atoms with Gasteiger partial charge in [-0.05, 0) is 6.92 Å². The molecule has 1 atom stereocenters. The van der Waals surface area contributed by atoms with Crippen LogP contribution in [-0.2, 0) is 22.5 Å². The number of aromatic nitrogens is 2. The Balaban J connectivity index is 2.08. The zero-order valence-electron chi connectivity index (χ0n) is 12.8. The van der Waals surface area contributed by atoms with Crippen LogP contribution in [0.4, 0.5) is 0 Å². The molecule has 2 heterocycles. The van der Waals surface area contributed by atoms with Crippen molar-refractivity contribution in [3.8, 4) is 0 Å². The summed E-state index contributed by atoms with van der Waals surface area (Å²) in [7, 11) is 5.30. The maximum absolute atomic E-state index is 11.9. The van der Waals surface area contributed by atoms with Gasteiger partial charge in [0, 0.05) is 52.6 Å². The first-order valence-corrected chi connectivity index (χ1v) is 7.02. The minimum Gasteiger partial charge on any atom is -0.384 e. The number of methoxy groups -OCH3 is 1. The number of carbonyl (C=O) groups excluding carboxylic acids is 1. The summed E-state index contributed by atoms with van der Waals surface area (Å²) in [5.74, 6) is 1.19. The maximum Gasteiger partial charge on any atom is 0.236 e. The van der Waals surface area contributed by atoms with E-state index >= 15 is 0 Å². The highest BCUT2D eigenvalue weighted by atomic mass is 16.5. The second-order valence-electron chi connectivity index (χ2n) is 5.44. The average Bonchev–Trinajstić information content (AvgIpc) is 2.83. The molecule has 1 aliphatic heterocycles. The van der Waals surface area contributed by atoms with Crippen molar-refractivity contribution in [2.24, 2.45) is 0 Å². The van der Waals surface area contributed by atoms with Gasteiger partial charge in [-0.2, -0.15) is 0 Å². The second-order valence-corrected chi connectivity index (χ2v) is 5.44. The van der Waals surface area contributed by atoms with Gasteiger partial charge in [0.1, 0.15) is 5.82 Å². The molecule has 0 aromatic carbocycles. The number of likely N-dealkylation sites (N-methyl/N-ethyl adjacent to an activating group) is 1. The summed E-state index contributed by atoms with van der Waals surface area (Å²) in [4.78, 5) is 20.2. The van der Waals surface area contributed by atoms with Gasteiger partial charge in [0.05, 0.1) is 19.2 Å². The molecule has 0 aliphatic carbocycles. The van der Waals surface area contributed by atoms with Gasteiger partial charge < -0.3 is 14.2 Å². The molecular formula is C14H24N4O2. The van der Waals surface area contributed by atoms with Crippen molar-refractivity contribution in [2.75, 3.05) is 40.9 Å². The molecule has 0 unspecified atom stereocenters. The van der Waals surface area contributed by atoms with Crippen LogP contribution in [-0.4, -0.2) is 66.2 Å². The summed E-state index contributed by atoms with van der Waals surface area (Å²) in [6.07, 6.45) is 2.81. The number of fused-ring (bicyclic) bond motifs is 1. The normalized spacial score (nSPS) is 18.9. The largest absolute Gasteiger partial charge is 0.384 e. The topological polar surface area (TPSA) is 50.6 Å². The fraction of sp³-hybridized carbons (Fsp3) is 0.714. The Hall–Kier alpha value is -1.40. The van der Waals surface area contributed by atoms with Gasteiger partial charge >= 0.3 is 0 Å². The molecule has 1 aromatic rings. The third kappa shape index (κ3) is 3.02. The highest BCUT2D eigenvalue weighted by molar-refractivity contribution is 5.77. The summed E-state index contributed by atoms with van der Waals surface area (Å²) in [6.45, 7) is 5.04. The number of nitrogens with zero attached hydrogens (tertiary/aromatic N) is 4. The predicted molar refractivity (Wildman–Crippen MR) is 76.5 cm³/mol. The lowest BCUT2D eigenvalue weighted by atomic mass is 10.2. The lowest BCUT2D eigenvalue weighted by molar-refractivity contribution is -0.130. The van der Waals surface area contributed by atoms with Crippen LogP contribution in [0.3, 0.4) is 0 Å². The Morgan fingerprint density at radius 2 is 2.25 bits per heavy atom. The molecule has 112 valence electrons. The van der Waals surface area contributed by atoms with Crippen LogP contribution >= 0.6 is 0 Å². The molecule has 20 heavy (non-hydrogen) atoms. The quantitative estimate of drug-likeness (QED) is 0.790. The van der Waals surface area contributed by atoms with Crippen LogP contribution in [0.5, 0.6) is 0 Å². The van der Waals surface area contributed by atoms with E-state index in [1.807, 2.05) is 6.20 Å². The van der Waals surface area contributed by atoms with Gasteiger partial charge in [0.15, 0.2) is 0 Å². The van der Waals surface area contributed by atoms with Crippen molar-refractivity contribution < 1.29 is 9.53 Å². The fourth-order valence-electron chi connectivity index (χ4n) is 2.54. The predicted octanol–water partition coefficient (Wildman–Crippen LogP) is 0.537. The van der Waals surface area contributed by atoms with Crippen LogP contribution in [0, 0.1) is 0 Å². The molecular weight excluding hydrogens is 256 g/mol. The summed E-state index contributed by atoms with van der Waals surface area (Å²) >= 11 is 0. The second kappa shape index (κ2) is 6.37. The molecule has 0 saturated carbocycles. The number of hydrogen-bond acceptors (Lipinski definition) is 4. The zero-order valence-corrected chi connectivity index (χ0v) is 12.8. The van der Waals surface area contributed by atoms with Crippen molar-refractivity contribution >= 4 is 5.91 Å². The smallest absolute Gasteiger partial charge is 0.236 e. The van der Waals surface area contributed by atoms with E-state index in [9.17, 15) is 4.79 Å². The van der Waals surface area contributed by atoms with Crippen molar-refractivity contribution in [3.05, 3.63) is 17.7 Å². The van der Waals surface area contributed by atoms with E-state index in [1.54, 1.807) is 26.1 Å². The van der Waals surface area contributed by atoms with Crippen molar-refractivity contribution in [2.45, 2.75) is 25.9 Å². The van der Waals surface area contributed by atoms with Crippen molar-refractivity contribution in [1.82, 2.24) is 19.4 Å². The van der Waals surface area contributed by atoms with Gasteiger partial charge in [0.2, 0.25) is 5.91 Å². The fourth-order valence-corrected chi connectivity index (χ4v) is 2.54. The molecule has 1 aromatic heterocycles. The molecule has 0 radical (unpaired) electrons. The van der Waals surface area contributed by atoms with Gasteiger partial charge in [-0.1, -0.05) is 0 Å². The minimum absolute atomic E-state index is 0.136. The Bertz CT molecular complexity index is 470. The summed E-state index contributed by atoms with van der Waals surface area (Å²) in [5.41, 5.74) is 1.22. The third-order valence-electron chi connectivity index (χ3n) is 3.90. The van der Waals surface area contributed by atoms with Crippen LogP contribution in [0.1, 0.15) is 24.5 Å². The van der Waals surface area contributed by atoms with E-state index in [0.29, 0.717) is 13.2 Å². The van der Waals surface area contributed by atoms with Gasteiger partial charge in [-0.15, -0.1) is 0 Å². The van der Waals surface area contributed by atoms with E-state index in [1.165, 1.54) is 5.69 Å². The average molecular weight is 280 g/mol. The number of imidazole rings is 1. The molecule has 6 nitrogen and oxygen atoms in total. The highest BCUT2D eigenvalue weighted by Gasteiger charge is 2.28. The molecule has 6 heteroatoms. The highest BCUT2D eigenvalue weighted by Crippen LogP contribution is 2.25. The first-order chi connectivity index (χ1) is 9.54. The van der Waals surface area contributed by atoms with Crippen molar-refractivity contribution in [1.29, 1.82) is 0 Å². The van der Waals surface area contributed by atoms with Crippen LogP contribution in [0.15, 0.2) is 6.20 Å². The van der Waals surface area contributed by atoms with E-state index in [0.717, 1.165) is 25.3 Å². The molecule has 1 aliphatic rings.